The lowest BCUT2D eigenvalue weighted by Crippen LogP contribution is -2.31. The van der Waals surface area contributed by atoms with Gasteiger partial charge in [0.1, 0.15) is 0 Å². The number of hydrogen-bond donors (Lipinski definition) is 0. The highest BCUT2D eigenvalue weighted by Gasteiger charge is 2.25. The summed E-state index contributed by atoms with van der Waals surface area (Å²) in [7, 11) is 0. The number of unbranched alkanes of at least 4 members (excludes halogenated alkanes) is 11. The maximum atomic E-state index is 13.8. The molecule has 0 aliphatic carbocycles. The normalized spacial score (nSPS) is 12.8. The molecule has 0 fully saturated rings. The zero-order valence-electron chi connectivity index (χ0n) is 24.7. The molecule has 0 spiro atoms. The number of halogens is 5. The van der Waals surface area contributed by atoms with Gasteiger partial charge in [0.15, 0.2) is 23.3 Å². The molecule has 1 atom stereocenters. The van der Waals surface area contributed by atoms with Crippen LogP contribution < -0.4 is 0 Å². The van der Waals surface area contributed by atoms with Crippen LogP contribution in [0.3, 0.4) is 0 Å². The molecule has 0 saturated heterocycles. The zero-order chi connectivity index (χ0) is 29.2. The Labute approximate surface area is 233 Å². The Morgan fingerprint density at radius 3 is 1.31 bits per heavy atom. The lowest BCUT2D eigenvalue weighted by molar-refractivity contribution is -0.327. The fourth-order valence-corrected chi connectivity index (χ4v) is 4.56. The van der Waals surface area contributed by atoms with Gasteiger partial charge >= 0.3 is 0 Å². The molecule has 0 N–H and O–H groups in total. The molecule has 1 unspecified atom stereocenters. The van der Waals surface area contributed by atoms with E-state index >= 15 is 0 Å². The van der Waals surface area contributed by atoms with Crippen LogP contribution in [0.1, 0.15) is 136 Å². The van der Waals surface area contributed by atoms with Crippen LogP contribution in [0.25, 0.3) is 0 Å². The number of rotatable bonds is 23. The highest BCUT2D eigenvalue weighted by atomic mass is 19.2. The van der Waals surface area contributed by atoms with Gasteiger partial charge in [-0.2, -0.15) is 0 Å². The second-order valence-electron chi connectivity index (χ2n) is 11.0. The molecule has 0 aliphatic rings. The lowest BCUT2D eigenvalue weighted by atomic mass is 10.0. The van der Waals surface area contributed by atoms with Crippen molar-refractivity contribution in [2.45, 2.75) is 162 Å². The fourth-order valence-electron chi connectivity index (χ4n) is 4.56. The molecule has 0 radical (unpaired) electrons. The lowest BCUT2D eigenvalue weighted by Gasteiger charge is -2.27. The van der Waals surface area contributed by atoms with Gasteiger partial charge in [-0.15, -0.1) is 0 Å². The van der Waals surface area contributed by atoms with Gasteiger partial charge in [-0.1, -0.05) is 84.0 Å². The van der Waals surface area contributed by atoms with Crippen molar-refractivity contribution in [1.82, 2.24) is 0 Å². The van der Waals surface area contributed by atoms with Crippen LogP contribution in [0.4, 0.5) is 22.0 Å². The van der Waals surface area contributed by atoms with E-state index in [1.165, 1.54) is 38.5 Å². The quantitative estimate of drug-likeness (QED) is 0.0434. The average Bonchev–Trinajstić information content (AvgIpc) is 2.87. The summed E-state index contributed by atoms with van der Waals surface area (Å²) in [5, 5.41) is 0. The predicted octanol–water partition coefficient (Wildman–Crippen LogP) is 10.3. The van der Waals surface area contributed by atoms with Crippen molar-refractivity contribution in [3.63, 3.8) is 0 Å². The van der Waals surface area contributed by atoms with E-state index < -0.39 is 41.1 Å². The van der Waals surface area contributed by atoms with Crippen LogP contribution in [0.2, 0.25) is 0 Å². The first-order chi connectivity index (χ1) is 18.6. The molecular formula is C31H51F5O3. The molecule has 0 aliphatic heterocycles. The first kappa shape index (κ1) is 35.8. The largest absolute Gasteiger partial charge is 0.327 e. The Balaban J connectivity index is 2.44. The second kappa shape index (κ2) is 20.6. The summed E-state index contributed by atoms with van der Waals surface area (Å²) in [5.41, 5.74) is -0.724. The summed E-state index contributed by atoms with van der Waals surface area (Å²) in [6, 6.07) is 0. The summed E-state index contributed by atoms with van der Waals surface area (Å²) in [6.07, 6.45) is 15.0. The summed E-state index contributed by atoms with van der Waals surface area (Å²) in [6.45, 7) is 9.35. The molecule has 0 heterocycles. The van der Waals surface area contributed by atoms with E-state index in [9.17, 15) is 22.0 Å². The number of benzene rings is 1. The van der Waals surface area contributed by atoms with E-state index in [2.05, 4.69) is 6.92 Å². The molecule has 228 valence electrons. The average molecular weight is 567 g/mol. The van der Waals surface area contributed by atoms with E-state index in [4.69, 9.17) is 14.2 Å². The number of hydrogen-bond acceptors (Lipinski definition) is 3. The van der Waals surface area contributed by atoms with Crippen LogP contribution in [0, 0.1) is 29.1 Å². The van der Waals surface area contributed by atoms with Gasteiger partial charge in [0.25, 0.3) is 6.48 Å². The van der Waals surface area contributed by atoms with E-state index in [-0.39, 0.29) is 24.7 Å². The first-order valence-corrected chi connectivity index (χ1v) is 15.0. The Bertz CT molecular complexity index is 749. The van der Waals surface area contributed by atoms with Crippen LogP contribution in [0.15, 0.2) is 0 Å². The van der Waals surface area contributed by atoms with Gasteiger partial charge in [-0.25, -0.2) is 22.0 Å². The smallest absolute Gasteiger partial charge is 0.272 e. The maximum Gasteiger partial charge on any atom is 0.272 e. The highest BCUT2D eigenvalue weighted by molar-refractivity contribution is 5.24. The van der Waals surface area contributed by atoms with E-state index in [1.54, 1.807) is 0 Å². The third-order valence-electron chi connectivity index (χ3n) is 6.70. The van der Waals surface area contributed by atoms with Gasteiger partial charge in [0, 0.05) is 5.56 Å². The van der Waals surface area contributed by atoms with E-state index in [0.29, 0.717) is 12.8 Å². The zero-order valence-corrected chi connectivity index (χ0v) is 24.7. The van der Waals surface area contributed by atoms with Crippen molar-refractivity contribution in [3.8, 4) is 0 Å². The minimum absolute atomic E-state index is 0.0159. The Kier molecular flexibility index (Phi) is 18.9. The Hall–Kier alpha value is -1.25. The van der Waals surface area contributed by atoms with Gasteiger partial charge in [-0.05, 0) is 53.4 Å². The molecule has 3 nitrogen and oxygen atoms in total. The van der Waals surface area contributed by atoms with Crippen LogP contribution in [0.5, 0.6) is 0 Å². The van der Waals surface area contributed by atoms with Gasteiger partial charge in [0.05, 0.1) is 18.3 Å². The third kappa shape index (κ3) is 14.8. The third-order valence-corrected chi connectivity index (χ3v) is 6.70. The standard InChI is InChI=1S/C31H51F5O3/c1-6-7-8-9-10-13-16-19-24(39-31(37-22(2)3)38-23(4)5)20-17-14-11-12-15-18-21-25-26(32)28(34)30(36)29(35)27(25)33/h22-24,31H,6-21H2,1-5H3. The summed E-state index contributed by atoms with van der Waals surface area (Å²) in [5.74, 6) is -9.31. The van der Waals surface area contributed by atoms with E-state index in [1.807, 2.05) is 27.7 Å². The van der Waals surface area contributed by atoms with Crippen molar-refractivity contribution in [1.29, 1.82) is 0 Å². The molecule has 8 heteroatoms. The second-order valence-corrected chi connectivity index (χ2v) is 11.0. The minimum Gasteiger partial charge on any atom is -0.327 e. The molecule has 1 rings (SSSR count). The van der Waals surface area contributed by atoms with Gasteiger partial charge in [-0.3, -0.25) is 0 Å². The maximum absolute atomic E-state index is 13.8. The van der Waals surface area contributed by atoms with Gasteiger partial charge in [0.2, 0.25) is 5.82 Å². The van der Waals surface area contributed by atoms with Crippen molar-refractivity contribution in [2.24, 2.45) is 0 Å². The monoisotopic (exact) mass is 566 g/mol. The predicted molar refractivity (Wildman–Crippen MR) is 146 cm³/mol. The van der Waals surface area contributed by atoms with Crippen molar-refractivity contribution < 1.29 is 36.2 Å². The Morgan fingerprint density at radius 2 is 0.872 bits per heavy atom. The molecule has 0 saturated carbocycles. The van der Waals surface area contributed by atoms with Crippen LogP contribution in [-0.4, -0.2) is 24.8 Å². The molecule has 1 aromatic carbocycles. The summed E-state index contributed by atoms with van der Waals surface area (Å²) < 4.78 is 85.5. The highest BCUT2D eigenvalue weighted by Crippen LogP contribution is 2.25. The molecule has 0 amide bonds. The molecule has 0 aromatic heterocycles. The molecule has 39 heavy (non-hydrogen) atoms. The van der Waals surface area contributed by atoms with Crippen LogP contribution >= 0.6 is 0 Å². The van der Waals surface area contributed by atoms with Crippen molar-refractivity contribution >= 4 is 0 Å². The first-order valence-electron chi connectivity index (χ1n) is 15.0. The SMILES string of the molecule is CCCCCCCCCC(CCCCCCCCc1c(F)c(F)c(F)c(F)c1F)OC(OC(C)C)OC(C)C. The fraction of sp³-hybridized carbons (Fsp3) is 0.806. The summed E-state index contributed by atoms with van der Waals surface area (Å²) in [4.78, 5) is 0. The van der Waals surface area contributed by atoms with Crippen LogP contribution in [-0.2, 0) is 20.6 Å². The molecule has 0 bridgehead atoms. The minimum atomic E-state index is -2.11. The van der Waals surface area contributed by atoms with Gasteiger partial charge < -0.3 is 14.2 Å². The molecule has 1 aromatic rings. The van der Waals surface area contributed by atoms with Crippen molar-refractivity contribution in [2.75, 3.05) is 0 Å². The topological polar surface area (TPSA) is 27.7 Å². The van der Waals surface area contributed by atoms with E-state index in [0.717, 1.165) is 44.9 Å². The Morgan fingerprint density at radius 1 is 0.487 bits per heavy atom. The molecular weight excluding hydrogens is 515 g/mol. The number of ether oxygens (including phenoxy) is 3. The van der Waals surface area contributed by atoms with Crippen molar-refractivity contribution in [3.05, 3.63) is 34.6 Å². The summed E-state index contributed by atoms with van der Waals surface area (Å²) >= 11 is 0.